The van der Waals surface area contributed by atoms with E-state index < -0.39 is 66.8 Å². The summed E-state index contributed by atoms with van der Waals surface area (Å²) < 4.78 is 15.0. The second kappa shape index (κ2) is 24.3. The summed E-state index contributed by atoms with van der Waals surface area (Å²) in [5, 5.41) is 13.2. The maximum Gasteiger partial charge on any atom is 0.334 e. The van der Waals surface area contributed by atoms with Gasteiger partial charge < -0.3 is 35.5 Å². The first-order valence-electron chi connectivity index (χ1n) is 18.8. The number of ether oxygens (including phenoxy) is 3. The first kappa shape index (κ1) is 46.0. The van der Waals surface area contributed by atoms with E-state index in [0.29, 0.717) is 17.7 Å². The average molecular weight is 800 g/mol. The van der Waals surface area contributed by atoms with Crippen LogP contribution in [0.15, 0.2) is 90.5 Å². The third kappa shape index (κ3) is 16.4. The summed E-state index contributed by atoms with van der Waals surface area (Å²) in [6.45, 7) is 2.49. The minimum atomic E-state index is -1.09. The van der Waals surface area contributed by atoms with Crippen LogP contribution in [0.1, 0.15) is 43.4 Å². The largest absolute Gasteiger partial charge is 0.497 e. The molecule has 0 saturated carbocycles. The molecule has 0 aliphatic carbocycles. The lowest BCUT2D eigenvalue weighted by Crippen LogP contribution is -2.54. The van der Waals surface area contributed by atoms with Crippen molar-refractivity contribution >= 4 is 47.4 Å². The molecule has 4 amide bonds. The van der Waals surface area contributed by atoms with E-state index in [9.17, 15) is 33.6 Å². The smallest absolute Gasteiger partial charge is 0.334 e. The maximum atomic E-state index is 13.4. The third-order valence-electron chi connectivity index (χ3n) is 8.75. The van der Waals surface area contributed by atoms with Gasteiger partial charge in [0.25, 0.3) is 0 Å². The van der Waals surface area contributed by atoms with E-state index in [0.717, 1.165) is 11.1 Å². The monoisotopic (exact) mass is 799 g/mol. The molecule has 15 heteroatoms. The number of amides is 4. The summed E-state index contributed by atoms with van der Waals surface area (Å²) in [6.07, 6.45) is 1.87. The molecule has 0 fully saturated rings. The number of rotatable bonds is 23. The number of hydrogen-bond acceptors (Lipinski definition) is 11. The highest BCUT2D eigenvalue weighted by Crippen LogP contribution is 2.15. The fourth-order valence-electron chi connectivity index (χ4n) is 5.77. The molecule has 0 aliphatic rings. The Morgan fingerprint density at radius 1 is 0.621 bits per heavy atom. The van der Waals surface area contributed by atoms with Gasteiger partial charge in [0, 0.05) is 18.4 Å². The highest BCUT2D eigenvalue weighted by atomic mass is 16.5. The fourth-order valence-corrected chi connectivity index (χ4v) is 5.77. The van der Waals surface area contributed by atoms with Gasteiger partial charge >= 0.3 is 11.9 Å². The Hall–Kier alpha value is -6.35. The van der Waals surface area contributed by atoms with Gasteiger partial charge in [-0.15, -0.1) is 0 Å². The van der Waals surface area contributed by atoms with Crippen molar-refractivity contribution in [1.29, 1.82) is 0 Å². The van der Waals surface area contributed by atoms with Crippen molar-refractivity contribution in [3.63, 3.8) is 0 Å². The second-order valence-electron chi connectivity index (χ2n) is 13.8. The van der Waals surface area contributed by atoms with Gasteiger partial charge in [0.1, 0.15) is 17.8 Å². The zero-order valence-electron chi connectivity index (χ0n) is 33.5. The molecule has 5 N–H and O–H groups in total. The quantitative estimate of drug-likeness (QED) is 0.0694. The number of hydrogen-bond donors (Lipinski definition) is 5. The lowest BCUT2D eigenvalue weighted by Gasteiger charge is -2.23. The van der Waals surface area contributed by atoms with E-state index in [2.05, 4.69) is 26.6 Å². The van der Waals surface area contributed by atoms with Crippen molar-refractivity contribution < 1.29 is 47.8 Å². The Bertz CT molecular complexity index is 1870. The highest BCUT2D eigenvalue weighted by molar-refractivity contribution is 6.00. The molecule has 0 bridgehead atoms. The minimum absolute atomic E-state index is 0.0621. The summed E-state index contributed by atoms with van der Waals surface area (Å²) >= 11 is 0. The van der Waals surface area contributed by atoms with Crippen molar-refractivity contribution in [3.05, 3.63) is 107 Å². The number of ketones is 1. The van der Waals surface area contributed by atoms with Crippen LogP contribution < -0.4 is 31.3 Å². The summed E-state index contributed by atoms with van der Waals surface area (Å²) in [5.41, 5.74) is 2.33. The number of methoxy groups -OCH3 is 3. The maximum absolute atomic E-state index is 13.4. The van der Waals surface area contributed by atoms with Crippen LogP contribution in [0.5, 0.6) is 5.75 Å². The highest BCUT2D eigenvalue weighted by Gasteiger charge is 2.28. The SMILES string of the molecule is COC(=O)/C(=C/c1ccccc1)CC(=O)CN[C@@H](Cc1ccc(OC)cc1)C(=O)NCC(=O)NCC(=O)N[C@@H](Cc1ccccc1)C(=O)N[C@@H](CC(C)C)C(=O)OC. The zero-order valence-corrected chi connectivity index (χ0v) is 33.5. The van der Waals surface area contributed by atoms with Crippen LogP contribution in [0.3, 0.4) is 0 Å². The molecule has 0 saturated heterocycles. The van der Waals surface area contributed by atoms with Gasteiger partial charge in [0.05, 0.1) is 47.0 Å². The Labute approximate surface area is 338 Å². The summed E-state index contributed by atoms with van der Waals surface area (Å²) in [6, 6.07) is 21.9. The zero-order chi connectivity index (χ0) is 42.5. The molecular weight excluding hydrogens is 746 g/mol. The van der Waals surface area contributed by atoms with Crippen molar-refractivity contribution in [2.45, 2.75) is 57.7 Å². The van der Waals surface area contributed by atoms with Crippen LogP contribution >= 0.6 is 0 Å². The predicted molar refractivity (Wildman–Crippen MR) is 216 cm³/mol. The van der Waals surface area contributed by atoms with Gasteiger partial charge in [-0.25, -0.2) is 9.59 Å². The molecule has 15 nitrogen and oxygen atoms in total. The van der Waals surface area contributed by atoms with Crippen molar-refractivity contribution in [2.24, 2.45) is 5.92 Å². The van der Waals surface area contributed by atoms with Crippen LogP contribution in [-0.2, 0) is 55.9 Å². The van der Waals surface area contributed by atoms with Gasteiger partial charge in [-0.1, -0.05) is 86.6 Å². The second-order valence-corrected chi connectivity index (χ2v) is 13.8. The Morgan fingerprint density at radius 3 is 1.83 bits per heavy atom. The molecule has 3 rings (SSSR count). The van der Waals surface area contributed by atoms with Gasteiger partial charge in [-0.2, -0.15) is 0 Å². The Morgan fingerprint density at radius 2 is 1.22 bits per heavy atom. The van der Waals surface area contributed by atoms with E-state index in [1.54, 1.807) is 78.9 Å². The topological polar surface area (TPSA) is 207 Å². The van der Waals surface area contributed by atoms with Gasteiger partial charge in [0.15, 0.2) is 5.78 Å². The molecule has 0 radical (unpaired) electrons. The molecule has 0 heterocycles. The first-order valence-corrected chi connectivity index (χ1v) is 18.8. The third-order valence-corrected chi connectivity index (χ3v) is 8.75. The summed E-state index contributed by atoms with van der Waals surface area (Å²) in [7, 11) is 3.98. The van der Waals surface area contributed by atoms with Crippen molar-refractivity contribution in [3.8, 4) is 5.75 Å². The van der Waals surface area contributed by atoms with Crippen molar-refractivity contribution in [2.75, 3.05) is 41.0 Å². The van der Waals surface area contributed by atoms with Crippen LogP contribution in [0.2, 0.25) is 0 Å². The van der Waals surface area contributed by atoms with Crippen LogP contribution in [-0.4, -0.2) is 100 Å². The first-order chi connectivity index (χ1) is 27.8. The standard InChI is InChI=1S/C43H53N5O10/c1-28(2)20-37(43(55)58-5)48-41(53)36(23-30-14-10-7-11-15-30)47-39(51)27-45-38(50)26-46-40(52)35(22-31-16-18-34(56-3)19-17-31)44-25-33(49)24-32(42(54)57-4)21-29-12-8-6-9-13-29/h6-19,21,28,35-37,44H,20,22-27H2,1-5H3,(H,45,50)(H,46,52)(H,47,51)(H,48,53)/b32-21+/t35-,36-,37-/m0/s1. The molecule has 3 aromatic rings. The molecule has 3 aromatic carbocycles. The number of carbonyl (C=O) groups excluding carboxylic acids is 7. The van der Waals surface area contributed by atoms with E-state index in [4.69, 9.17) is 14.2 Å². The molecule has 0 spiro atoms. The number of nitrogens with one attached hydrogen (secondary N) is 5. The van der Waals surface area contributed by atoms with Gasteiger partial charge in [0.2, 0.25) is 23.6 Å². The van der Waals surface area contributed by atoms with E-state index in [1.807, 2.05) is 26.0 Å². The molecule has 0 aliphatic heterocycles. The molecule has 310 valence electrons. The van der Waals surface area contributed by atoms with Gasteiger partial charge in [-0.05, 0) is 53.7 Å². The number of benzene rings is 3. The van der Waals surface area contributed by atoms with E-state index in [-0.39, 0.29) is 43.1 Å². The predicted octanol–water partition coefficient (Wildman–Crippen LogP) is 2.08. The lowest BCUT2D eigenvalue weighted by molar-refractivity contribution is -0.146. The molecule has 3 atom stereocenters. The van der Waals surface area contributed by atoms with Crippen molar-refractivity contribution in [1.82, 2.24) is 26.6 Å². The van der Waals surface area contributed by atoms with Crippen LogP contribution in [0.4, 0.5) is 0 Å². The molecular formula is C43H53N5O10. The van der Waals surface area contributed by atoms with E-state index in [1.165, 1.54) is 21.3 Å². The molecule has 0 unspecified atom stereocenters. The minimum Gasteiger partial charge on any atom is -0.497 e. The summed E-state index contributed by atoms with van der Waals surface area (Å²) in [5.74, 6) is -3.56. The summed E-state index contributed by atoms with van der Waals surface area (Å²) in [4.78, 5) is 90.6. The Kier molecular flexibility index (Phi) is 19.3. The fraction of sp³-hybridized carbons (Fsp3) is 0.372. The van der Waals surface area contributed by atoms with Gasteiger partial charge in [-0.3, -0.25) is 29.3 Å². The number of esters is 2. The Balaban J connectivity index is 1.63. The van der Waals surface area contributed by atoms with Crippen LogP contribution in [0.25, 0.3) is 6.08 Å². The lowest BCUT2D eigenvalue weighted by atomic mass is 10.0. The number of carbonyl (C=O) groups is 7. The van der Waals surface area contributed by atoms with Crippen LogP contribution in [0, 0.1) is 5.92 Å². The molecule has 58 heavy (non-hydrogen) atoms. The average Bonchev–Trinajstić information content (AvgIpc) is 3.22. The number of Topliss-reactive ketones (excluding diaryl/α,β-unsaturated/α-hetero) is 1. The van der Waals surface area contributed by atoms with E-state index >= 15 is 0 Å². The molecule has 0 aromatic heterocycles. The normalized spacial score (nSPS) is 12.6.